The quantitative estimate of drug-likeness (QED) is 0.453. The summed E-state index contributed by atoms with van der Waals surface area (Å²) in [7, 11) is 0. The van der Waals surface area contributed by atoms with Gasteiger partial charge in [-0.2, -0.15) is 0 Å². The standard InChI is InChI=1S/C12H26O.2Na/c1-2-3-4-5-6-7-8-9-10-11-12-13;;/h13H,2-12H2,1H3;;. The van der Waals surface area contributed by atoms with Crippen LogP contribution in [0.2, 0.25) is 0 Å². The second-order valence-corrected chi connectivity index (χ2v) is 3.91. The maximum atomic E-state index is 8.57. The molecule has 0 spiro atoms. The fourth-order valence-electron chi connectivity index (χ4n) is 1.60. The number of aliphatic hydroxyl groups excluding tert-OH is 1. The van der Waals surface area contributed by atoms with E-state index in [1.165, 1.54) is 57.8 Å². The molecule has 0 bridgehead atoms. The van der Waals surface area contributed by atoms with E-state index in [1.54, 1.807) is 0 Å². The minimum absolute atomic E-state index is 0. The molecule has 0 heterocycles. The van der Waals surface area contributed by atoms with E-state index < -0.39 is 0 Å². The Bertz CT molecular complexity index is 79.7. The van der Waals surface area contributed by atoms with Gasteiger partial charge in [0.05, 0.1) is 0 Å². The van der Waals surface area contributed by atoms with Gasteiger partial charge in [0.15, 0.2) is 0 Å². The minimum Gasteiger partial charge on any atom is -0.396 e. The predicted octanol–water partition coefficient (Wildman–Crippen LogP) is 3.14. The molecule has 82 valence electrons. The van der Waals surface area contributed by atoms with Crippen molar-refractivity contribution in [3.05, 3.63) is 0 Å². The molecule has 0 atom stereocenters. The van der Waals surface area contributed by atoms with E-state index in [4.69, 9.17) is 5.11 Å². The second kappa shape index (κ2) is 21.3. The summed E-state index contributed by atoms with van der Waals surface area (Å²) in [6, 6.07) is 0. The van der Waals surface area contributed by atoms with Gasteiger partial charge in [-0.25, -0.2) is 0 Å². The van der Waals surface area contributed by atoms with E-state index in [-0.39, 0.29) is 59.1 Å². The number of rotatable bonds is 10. The van der Waals surface area contributed by atoms with Crippen LogP contribution < -0.4 is 0 Å². The van der Waals surface area contributed by atoms with Crippen molar-refractivity contribution in [3.63, 3.8) is 0 Å². The third-order valence-corrected chi connectivity index (χ3v) is 2.51. The van der Waals surface area contributed by atoms with Gasteiger partial charge in [0.2, 0.25) is 0 Å². The Morgan fingerprint density at radius 1 is 0.600 bits per heavy atom. The Morgan fingerprint density at radius 3 is 1.27 bits per heavy atom. The molecule has 0 saturated carbocycles. The number of hydrogen-bond donors (Lipinski definition) is 1. The van der Waals surface area contributed by atoms with E-state index in [0.717, 1.165) is 6.42 Å². The van der Waals surface area contributed by atoms with Crippen LogP contribution >= 0.6 is 0 Å². The second-order valence-electron chi connectivity index (χ2n) is 3.91. The molecule has 1 nitrogen and oxygen atoms in total. The average Bonchev–Trinajstić information content (AvgIpc) is 2.16. The third kappa shape index (κ3) is 21.7. The van der Waals surface area contributed by atoms with Gasteiger partial charge in [-0.1, -0.05) is 64.7 Å². The first-order chi connectivity index (χ1) is 6.41. The first kappa shape index (κ1) is 22.2. The summed E-state index contributed by atoms with van der Waals surface area (Å²) in [6.07, 6.45) is 13.3. The average molecular weight is 232 g/mol. The Hall–Kier alpha value is 1.96. The van der Waals surface area contributed by atoms with Crippen molar-refractivity contribution in [2.75, 3.05) is 6.61 Å². The summed E-state index contributed by atoms with van der Waals surface area (Å²) in [4.78, 5) is 0. The van der Waals surface area contributed by atoms with Crippen LogP contribution in [0.4, 0.5) is 0 Å². The zero-order valence-corrected chi connectivity index (χ0v) is 15.2. The Morgan fingerprint density at radius 2 is 0.933 bits per heavy atom. The molecule has 1 N–H and O–H groups in total. The Labute approximate surface area is 140 Å². The topological polar surface area (TPSA) is 20.2 Å². The Kier molecular flexibility index (Phi) is 31.4. The molecule has 0 saturated heterocycles. The molecule has 0 aromatic heterocycles. The van der Waals surface area contributed by atoms with Gasteiger partial charge in [0.1, 0.15) is 0 Å². The largest absolute Gasteiger partial charge is 0.396 e. The molecule has 0 aliphatic carbocycles. The van der Waals surface area contributed by atoms with Crippen LogP contribution in [0, 0.1) is 0 Å². The molecule has 0 aromatic rings. The summed E-state index contributed by atoms with van der Waals surface area (Å²) < 4.78 is 0. The molecule has 0 aromatic carbocycles. The molecular weight excluding hydrogens is 206 g/mol. The van der Waals surface area contributed by atoms with Crippen molar-refractivity contribution in [3.8, 4) is 0 Å². The van der Waals surface area contributed by atoms with Gasteiger partial charge in [0.25, 0.3) is 0 Å². The summed E-state index contributed by atoms with van der Waals surface area (Å²) in [6.45, 7) is 2.63. The molecule has 0 aliphatic heterocycles. The van der Waals surface area contributed by atoms with Crippen LogP contribution in [0.15, 0.2) is 0 Å². The van der Waals surface area contributed by atoms with Gasteiger partial charge in [-0.15, -0.1) is 0 Å². The van der Waals surface area contributed by atoms with Crippen molar-refractivity contribution in [2.24, 2.45) is 0 Å². The summed E-state index contributed by atoms with van der Waals surface area (Å²) in [5.74, 6) is 0. The summed E-state index contributed by atoms with van der Waals surface area (Å²) in [5, 5.41) is 8.57. The monoisotopic (exact) mass is 232 g/mol. The van der Waals surface area contributed by atoms with Crippen LogP contribution in [0.5, 0.6) is 0 Å². The summed E-state index contributed by atoms with van der Waals surface area (Å²) in [5.41, 5.74) is 0. The number of aliphatic hydroxyl groups is 1. The maximum Gasteiger partial charge on any atom is 0.0431 e. The van der Waals surface area contributed by atoms with Gasteiger partial charge in [-0.05, 0) is 6.42 Å². The van der Waals surface area contributed by atoms with Crippen LogP contribution in [0.25, 0.3) is 0 Å². The van der Waals surface area contributed by atoms with E-state index >= 15 is 0 Å². The molecule has 0 aliphatic rings. The van der Waals surface area contributed by atoms with E-state index in [2.05, 4.69) is 6.92 Å². The van der Waals surface area contributed by atoms with Gasteiger partial charge in [0, 0.05) is 65.7 Å². The smallest absolute Gasteiger partial charge is 0.0431 e. The van der Waals surface area contributed by atoms with Crippen molar-refractivity contribution < 1.29 is 5.11 Å². The van der Waals surface area contributed by atoms with Crippen LogP contribution in [-0.2, 0) is 0 Å². The molecule has 3 heteroatoms. The van der Waals surface area contributed by atoms with E-state index in [9.17, 15) is 0 Å². The number of unbranched alkanes of at least 4 members (excludes halogenated alkanes) is 9. The first-order valence-corrected chi connectivity index (χ1v) is 6.02. The van der Waals surface area contributed by atoms with Crippen LogP contribution in [-0.4, -0.2) is 70.8 Å². The van der Waals surface area contributed by atoms with Crippen LogP contribution in [0.3, 0.4) is 0 Å². The van der Waals surface area contributed by atoms with Gasteiger partial charge >= 0.3 is 0 Å². The molecule has 0 fully saturated rings. The molecule has 0 unspecified atom stereocenters. The third-order valence-electron chi connectivity index (χ3n) is 2.51. The minimum atomic E-state index is 0. The first-order valence-electron chi connectivity index (χ1n) is 6.02. The zero-order valence-electron chi connectivity index (χ0n) is 11.2. The van der Waals surface area contributed by atoms with Gasteiger partial charge in [-0.3, -0.25) is 0 Å². The van der Waals surface area contributed by atoms with Crippen molar-refractivity contribution in [2.45, 2.75) is 71.1 Å². The van der Waals surface area contributed by atoms with Gasteiger partial charge < -0.3 is 5.11 Å². The van der Waals surface area contributed by atoms with E-state index in [1.807, 2.05) is 0 Å². The molecule has 0 amide bonds. The SMILES string of the molecule is CCCCCCCCCCCCO.[Na].[Na]. The van der Waals surface area contributed by atoms with Crippen molar-refractivity contribution in [1.29, 1.82) is 0 Å². The molecule has 0 rings (SSSR count). The molecular formula is C12H26Na2O. The maximum absolute atomic E-state index is 8.57. The zero-order chi connectivity index (χ0) is 9.78. The van der Waals surface area contributed by atoms with Crippen LogP contribution in [0.1, 0.15) is 71.1 Å². The Balaban J connectivity index is -0.000000720. The fraction of sp³-hybridized carbons (Fsp3) is 1.00. The van der Waals surface area contributed by atoms with E-state index in [0.29, 0.717) is 6.61 Å². The van der Waals surface area contributed by atoms with Crippen molar-refractivity contribution >= 4 is 59.1 Å². The molecule has 15 heavy (non-hydrogen) atoms. The predicted molar refractivity (Wildman–Crippen MR) is 70.4 cm³/mol. The molecule has 2 radical (unpaired) electrons. The summed E-state index contributed by atoms with van der Waals surface area (Å²) >= 11 is 0. The van der Waals surface area contributed by atoms with Crippen molar-refractivity contribution in [1.82, 2.24) is 0 Å². The fourth-order valence-corrected chi connectivity index (χ4v) is 1.60. The normalized spacial score (nSPS) is 9.20. The number of hydrogen-bond acceptors (Lipinski definition) is 1.